The van der Waals surface area contributed by atoms with Gasteiger partial charge in [0.25, 0.3) is 0 Å². The van der Waals surface area contributed by atoms with Gasteiger partial charge in [0.15, 0.2) is 12.6 Å². The van der Waals surface area contributed by atoms with E-state index in [0.29, 0.717) is 0 Å². The Labute approximate surface area is 130 Å². The second kappa shape index (κ2) is 7.63. The van der Waals surface area contributed by atoms with Crippen molar-refractivity contribution in [2.45, 2.75) is 61.4 Å². The lowest BCUT2D eigenvalue weighted by molar-refractivity contribution is -0.361. The van der Waals surface area contributed by atoms with E-state index in [4.69, 9.17) is 24.4 Å². The number of hydrogen-bond acceptors (Lipinski definition) is 11. The Balaban J connectivity index is 2.08. The molecule has 0 aromatic carbocycles. The number of aliphatic hydroxyl groups is 8. The maximum atomic E-state index is 9.94. The Hall–Kier alpha value is -0.440. The van der Waals surface area contributed by atoms with Crippen molar-refractivity contribution >= 4 is 0 Å². The van der Waals surface area contributed by atoms with Gasteiger partial charge in [-0.05, 0) is 0 Å². The summed E-state index contributed by atoms with van der Waals surface area (Å²) in [7, 11) is 0. The van der Waals surface area contributed by atoms with Crippen molar-refractivity contribution in [3.63, 3.8) is 0 Å². The standard InChI is InChI=1S/C12H22O11/c13-1-3-6(16)8(18)10(11(20)21-3)23-12-9(19)7(17)5(15)4(2-14)22-12/h3-20H,1-2H2/t3?,4?,5-,6?,7?,8?,9+,10+,11-,12+/m1/s1. The van der Waals surface area contributed by atoms with Crippen molar-refractivity contribution in [3.05, 3.63) is 0 Å². The predicted molar refractivity (Wildman–Crippen MR) is 68.6 cm³/mol. The van der Waals surface area contributed by atoms with Crippen LogP contribution in [0.1, 0.15) is 0 Å². The van der Waals surface area contributed by atoms with Crippen molar-refractivity contribution in [1.29, 1.82) is 0 Å². The molecule has 2 saturated heterocycles. The molecule has 2 aliphatic heterocycles. The average Bonchev–Trinajstić information content (AvgIpc) is 2.54. The van der Waals surface area contributed by atoms with E-state index in [2.05, 4.69) is 0 Å². The van der Waals surface area contributed by atoms with Gasteiger partial charge in [-0.15, -0.1) is 0 Å². The first-order valence-corrected chi connectivity index (χ1v) is 7.08. The number of aliphatic hydroxyl groups excluding tert-OH is 8. The third-order valence-electron chi connectivity index (χ3n) is 3.98. The first-order valence-electron chi connectivity index (χ1n) is 7.08. The summed E-state index contributed by atoms with van der Waals surface area (Å²) in [5.41, 5.74) is 0. The summed E-state index contributed by atoms with van der Waals surface area (Å²) in [6.07, 6.45) is -15.6. The van der Waals surface area contributed by atoms with E-state index in [1.807, 2.05) is 0 Å². The van der Waals surface area contributed by atoms with Crippen LogP contribution in [0.2, 0.25) is 0 Å². The Bertz CT molecular complexity index is 380. The van der Waals surface area contributed by atoms with Crippen LogP contribution in [0.4, 0.5) is 0 Å². The molecule has 0 radical (unpaired) electrons. The first kappa shape index (κ1) is 18.9. The van der Waals surface area contributed by atoms with E-state index < -0.39 is 74.6 Å². The Morgan fingerprint density at radius 3 is 1.74 bits per heavy atom. The molecule has 5 unspecified atom stereocenters. The van der Waals surface area contributed by atoms with Crippen LogP contribution in [0, 0.1) is 0 Å². The molecule has 0 aliphatic carbocycles. The molecule has 0 amide bonds. The second-order valence-electron chi connectivity index (χ2n) is 5.53. The zero-order valence-electron chi connectivity index (χ0n) is 12.0. The van der Waals surface area contributed by atoms with Crippen LogP contribution < -0.4 is 0 Å². The summed E-state index contributed by atoms with van der Waals surface area (Å²) < 4.78 is 15.1. The summed E-state index contributed by atoms with van der Waals surface area (Å²) in [6, 6.07) is 0. The average molecular weight is 342 g/mol. The van der Waals surface area contributed by atoms with E-state index >= 15 is 0 Å². The molecule has 136 valence electrons. The van der Waals surface area contributed by atoms with E-state index in [-0.39, 0.29) is 0 Å². The van der Waals surface area contributed by atoms with Crippen LogP contribution in [-0.2, 0) is 14.2 Å². The van der Waals surface area contributed by atoms with Crippen molar-refractivity contribution in [2.24, 2.45) is 0 Å². The number of hydrogen-bond donors (Lipinski definition) is 8. The normalized spacial score (nSPS) is 51.7. The molecule has 2 aliphatic rings. The van der Waals surface area contributed by atoms with Gasteiger partial charge < -0.3 is 55.1 Å². The summed E-state index contributed by atoms with van der Waals surface area (Å²) in [4.78, 5) is 0. The predicted octanol–water partition coefficient (Wildman–Crippen LogP) is -5.40. The number of ether oxygens (including phenoxy) is 3. The zero-order chi connectivity index (χ0) is 17.3. The van der Waals surface area contributed by atoms with Gasteiger partial charge in [0.1, 0.15) is 48.8 Å². The maximum Gasteiger partial charge on any atom is 0.187 e. The molecule has 23 heavy (non-hydrogen) atoms. The lowest BCUT2D eigenvalue weighted by atomic mass is 9.97. The lowest BCUT2D eigenvalue weighted by Gasteiger charge is -2.44. The summed E-state index contributed by atoms with van der Waals surface area (Å²) in [6.45, 7) is -1.33. The topological polar surface area (TPSA) is 190 Å². The van der Waals surface area contributed by atoms with Gasteiger partial charge in [0.2, 0.25) is 0 Å². The van der Waals surface area contributed by atoms with Crippen LogP contribution in [0.25, 0.3) is 0 Å². The molecule has 0 saturated carbocycles. The van der Waals surface area contributed by atoms with Gasteiger partial charge in [0.05, 0.1) is 13.2 Å². The van der Waals surface area contributed by atoms with Crippen LogP contribution in [0.15, 0.2) is 0 Å². The summed E-state index contributed by atoms with van der Waals surface area (Å²) >= 11 is 0. The molecular weight excluding hydrogens is 320 g/mol. The molecule has 8 N–H and O–H groups in total. The highest BCUT2D eigenvalue weighted by Gasteiger charge is 2.50. The molecule has 2 heterocycles. The Morgan fingerprint density at radius 2 is 1.17 bits per heavy atom. The van der Waals surface area contributed by atoms with E-state index in [1.165, 1.54) is 0 Å². The minimum Gasteiger partial charge on any atom is -0.394 e. The molecule has 0 aromatic heterocycles. The van der Waals surface area contributed by atoms with E-state index in [1.54, 1.807) is 0 Å². The van der Waals surface area contributed by atoms with Crippen molar-refractivity contribution in [1.82, 2.24) is 0 Å². The molecule has 0 spiro atoms. The highest BCUT2D eigenvalue weighted by Crippen LogP contribution is 2.28. The second-order valence-corrected chi connectivity index (χ2v) is 5.53. The third kappa shape index (κ3) is 3.65. The molecule has 2 fully saturated rings. The van der Waals surface area contributed by atoms with Gasteiger partial charge in [-0.25, -0.2) is 0 Å². The highest BCUT2D eigenvalue weighted by atomic mass is 16.7. The lowest BCUT2D eigenvalue weighted by Crippen LogP contribution is -2.64. The largest absolute Gasteiger partial charge is 0.394 e. The molecule has 2 rings (SSSR count). The summed E-state index contributed by atoms with van der Waals surface area (Å²) in [5.74, 6) is 0. The van der Waals surface area contributed by atoms with Gasteiger partial charge in [-0.1, -0.05) is 0 Å². The fourth-order valence-electron chi connectivity index (χ4n) is 2.55. The van der Waals surface area contributed by atoms with Crippen molar-refractivity contribution < 1.29 is 55.1 Å². The SMILES string of the molecule is OCC1O[C@@H](O)[C@@H](O[C@@H]2OC(CO)[C@@H](O)C(O)[C@@H]2O)C(O)C1O. The molecular formula is C12H22O11. The molecule has 11 nitrogen and oxygen atoms in total. The molecule has 11 heteroatoms. The minimum atomic E-state index is -1.75. The van der Waals surface area contributed by atoms with Crippen LogP contribution in [-0.4, -0.2) is 115 Å². The van der Waals surface area contributed by atoms with Gasteiger partial charge in [-0.2, -0.15) is 0 Å². The van der Waals surface area contributed by atoms with E-state index in [9.17, 15) is 30.6 Å². The van der Waals surface area contributed by atoms with Crippen LogP contribution >= 0.6 is 0 Å². The first-order chi connectivity index (χ1) is 10.8. The number of rotatable bonds is 4. The monoisotopic (exact) mass is 342 g/mol. The molecule has 0 bridgehead atoms. The summed E-state index contributed by atoms with van der Waals surface area (Å²) in [5, 5.41) is 76.7. The molecule has 10 atom stereocenters. The van der Waals surface area contributed by atoms with Gasteiger partial charge >= 0.3 is 0 Å². The Kier molecular flexibility index (Phi) is 6.27. The third-order valence-corrected chi connectivity index (χ3v) is 3.98. The zero-order valence-corrected chi connectivity index (χ0v) is 12.0. The van der Waals surface area contributed by atoms with Gasteiger partial charge in [-0.3, -0.25) is 0 Å². The van der Waals surface area contributed by atoms with Crippen LogP contribution in [0.5, 0.6) is 0 Å². The fourth-order valence-corrected chi connectivity index (χ4v) is 2.55. The minimum absolute atomic E-state index is 0.651. The van der Waals surface area contributed by atoms with Gasteiger partial charge in [0, 0.05) is 0 Å². The Morgan fingerprint density at radius 1 is 0.652 bits per heavy atom. The van der Waals surface area contributed by atoms with Crippen molar-refractivity contribution in [2.75, 3.05) is 13.2 Å². The maximum absolute atomic E-state index is 9.94. The quantitative estimate of drug-likeness (QED) is 0.243. The van der Waals surface area contributed by atoms with Crippen LogP contribution in [0.3, 0.4) is 0 Å². The fraction of sp³-hybridized carbons (Fsp3) is 1.00. The van der Waals surface area contributed by atoms with E-state index in [0.717, 1.165) is 0 Å². The van der Waals surface area contributed by atoms with Crippen molar-refractivity contribution in [3.8, 4) is 0 Å². The molecule has 0 aromatic rings. The highest BCUT2D eigenvalue weighted by molar-refractivity contribution is 4.93. The smallest absolute Gasteiger partial charge is 0.187 e.